The third kappa shape index (κ3) is 6.49. The highest BCUT2D eigenvalue weighted by molar-refractivity contribution is 7.99. The molecule has 0 unspecified atom stereocenters. The number of thioether (sulfide) groups is 1. The van der Waals surface area contributed by atoms with Crippen LogP contribution >= 0.6 is 23.4 Å². The fraction of sp³-hybridized carbons (Fsp3) is 0.154. The van der Waals surface area contributed by atoms with Crippen LogP contribution in [0, 0.1) is 6.92 Å². The summed E-state index contributed by atoms with van der Waals surface area (Å²) in [5.41, 5.74) is 6.34. The molecule has 178 valence electrons. The maximum atomic E-state index is 12.4. The van der Waals surface area contributed by atoms with Crippen molar-refractivity contribution in [1.29, 1.82) is 0 Å². The van der Waals surface area contributed by atoms with E-state index < -0.39 is 0 Å². The molecule has 0 aliphatic carbocycles. The maximum absolute atomic E-state index is 12.4. The number of hydrogen-bond donors (Lipinski definition) is 1. The van der Waals surface area contributed by atoms with Crippen molar-refractivity contribution < 1.29 is 9.53 Å². The first kappa shape index (κ1) is 24.5. The van der Waals surface area contributed by atoms with Crippen LogP contribution in [-0.2, 0) is 4.79 Å². The zero-order valence-corrected chi connectivity index (χ0v) is 20.9. The van der Waals surface area contributed by atoms with Crippen molar-refractivity contribution in [1.82, 2.24) is 20.2 Å². The van der Waals surface area contributed by atoms with Crippen LogP contribution < -0.4 is 10.2 Å². The predicted octanol–water partition coefficient (Wildman–Crippen LogP) is 5.54. The number of carbonyl (C=O) groups excluding carboxylic acids is 1. The highest BCUT2D eigenvalue weighted by Gasteiger charge is 2.17. The van der Waals surface area contributed by atoms with Crippen molar-refractivity contribution in [2.24, 2.45) is 5.10 Å². The summed E-state index contributed by atoms with van der Waals surface area (Å²) in [6, 6.07) is 22.9. The minimum Gasteiger partial charge on any atom is -0.494 e. The van der Waals surface area contributed by atoms with Gasteiger partial charge in [0.15, 0.2) is 11.0 Å². The minimum absolute atomic E-state index is 0.130. The second kappa shape index (κ2) is 11.7. The molecule has 0 aliphatic rings. The first-order chi connectivity index (χ1) is 17.0. The normalized spacial score (nSPS) is 11.1. The van der Waals surface area contributed by atoms with Crippen LogP contribution in [0.3, 0.4) is 0 Å². The summed E-state index contributed by atoms with van der Waals surface area (Å²) >= 11 is 7.34. The number of nitrogens with one attached hydrogen (secondary N) is 1. The molecule has 0 spiro atoms. The SMILES string of the molecule is CCOc1ccc(/C=N\NC(=O)CSc2nnc(-c3ccc(Cl)cc3)n2-c2ccc(C)cc2)cc1. The number of halogens is 1. The van der Waals surface area contributed by atoms with Crippen LogP contribution in [0.1, 0.15) is 18.1 Å². The summed E-state index contributed by atoms with van der Waals surface area (Å²) in [7, 11) is 0. The molecule has 0 saturated carbocycles. The van der Waals surface area contributed by atoms with Gasteiger partial charge in [-0.15, -0.1) is 10.2 Å². The molecule has 1 heterocycles. The van der Waals surface area contributed by atoms with Crippen molar-refractivity contribution in [3.05, 3.63) is 88.9 Å². The van der Waals surface area contributed by atoms with Gasteiger partial charge in [0.05, 0.1) is 18.6 Å². The maximum Gasteiger partial charge on any atom is 0.250 e. The quantitative estimate of drug-likeness (QED) is 0.183. The lowest BCUT2D eigenvalue weighted by atomic mass is 10.2. The Labute approximate surface area is 213 Å². The van der Waals surface area contributed by atoms with Gasteiger partial charge in [-0.3, -0.25) is 9.36 Å². The molecular formula is C26H24ClN5O2S. The van der Waals surface area contributed by atoms with Gasteiger partial charge in [-0.05, 0) is 80.1 Å². The van der Waals surface area contributed by atoms with Crippen molar-refractivity contribution in [3.63, 3.8) is 0 Å². The van der Waals surface area contributed by atoms with Crippen LogP contribution in [0.4, 0.5) is 0 Å². The molecule has 3 aromatic carbocycles. The molecule has 4 rings (SSSR count). The van der Waals surface area contributed by atoms with E-state index in [0.717, 1.165) is 28.1 Å². The molecule has 0 saturated heterocycles. The number of carbonyl (C=O) groups is 1. The minimum atomic E-state index is -0.247. The Morgan fingerprint density at radius 2 is 1.77 bits per heavy atom. The number of nitrogens with zero attached hydrogens (tertiary/aromatic N) is 4. The Balaban J connectivity index is 1.46. The van der Waals surface area contributed by atoms with E-state index in [1.54, 1.807) is 6.21 Å². The molecule has 7 nitrogen and oxygen atoms in total. The Kier molecular flexibility index (Phi) is 8.18. The average Bonchev–Trinajstić information content (AvgIpc) is 3.29. The zero-order chi connectivity index (χ0) is 24.6. The standard InChI is InChI=1S/C26H24ClN5O2S/c1-3-34-23-14-6-19(7-15-23)16-28-29-24(33)17-35-26-31-30-25(20-8-10-21(27)11-9-20)32(26)22-12-4-18(2)5-13-22/h4-16H,3,17H2,1-2H3,(H,29,33)/b28-16-. The number of aromatic nitrogens is 3. The third-order valence-corrected chi connectivity index (χ3v) is 6.14. The van der Waals surface area contributed by atoms with Crippen LogP contribution in [0.15, 0.2) is 83.1 Å². The van der Waals surface area contributed by atoms with Crippen molar-refractivity contribution in [3.8, 4) is 22.8 Å². The van der Waals surface area contributed by atoms with Gasteiger partial charge in [-0.1, -0.05) is 41.1 Å². The van der Waals surface area contributed by atoms with E-state index in [4.69, 9.17) is 16.3 Å². The summed E-state index contributed by atoms with van der Waals surface area (Å²) in [4.78, 5) is 12.4. The van der Waals surface area contributed by atoms with E-state index in [-0.39, 0.29) is 11.7 Å². The number of amides is 1. The van der Waals surface area contributed by atoms with Crippen molar-refractivity contribution >= 4 is 35.5 Å². The Bertz CT molecular complexity index is 1300. The van der Waals surface area contributed by atoms with Gasteiger partial charge in [0, 0.05) is 16.3 Å². The van der Waals surface area contributed by atoms with E-state index in [1.165, 1.54) is 11.8 Å². The van der Waals surface area contributed by atoms with Crippen molar-refractivity contribution in [2.75, 3.05) is 12.4 Å². The summed E-state index contributed by atoms with van der Waals surface area (Å²) in [6.45, 7) is 4.58. The van der Waals surface area contributed by atoms with E-state index in [9.17, 15) is 4.79 Å². The van der Waals surface area contributed by atoms with Gasteiger partial charge in [0.2, 0.25) is 0 Å². The molecule has 0 bridgehead atoms. The smallest absolute Gasteiger partial charge is 0.250 e. The van der Waals surface area contributed by atoms with E-state index in [2.05, 4.69) is 20.7 Å². The molecule has 0 aliphatic heterocycles. The van der Waals surface area contributed by atoms with Crippen LogP contribution in [0.5, 0.6) is 5.75 Å². The lowest BCUT2D eigenvalue weighted by molar-refractivity contribution is -0.118. The largest absolute Gasteiger partial charge is 0.494 e. The van der Waals surface area contributed by atoms with E-state index >= 15 is 0 Å². The molecule has 1 amide bonds. The zero-order valence-electron chi connectivity index (χ0n) is 19.3. The van der Waals surface area contributed by atoms with E-state index in [0.29, 0.717) is 22.6 Å². The highest BCUT2D eigenvalue weighted by Crippen LogP contribution is 2.28. The van der Waals surface area contributed by atoms with Crippen LogP contribution in [0.25, 0.3) is 17.1 Å². The summed E-state index contributed by atoms with van der Waals surface area (Å²) in [5, 5.41) is 14.0. The molecule has 1 aromatic heterocycles. The van der Waals surface area contributed by atoms with Gasteiger partial charge >= 0.3 is 0 Å². The lowest BCUT2D eigenvalue weighted by Crippen LogP contribution is -2.20. The lowest BCUT2D eigenvalue weighted by Gasteiger charge is -2.10. The number of aryl methyl sites for hydroxylation is 1. The topological polar surface area (TPSA) is 81.4 Å². The second-order valence-corrected chi connectivity index (χ2v) is 8.95. The molecule has 1 N–H and O–H groups in total. The molecule has 0 fully saturated rings. The Morgan fingerprint density at radius 1 is 1.06 bits per heavy atom. The monoisotopic (exact) mass is 505 g/mol. The average molecular weight is 506 g/mol. The number of hydrazone groups is 1. The summed E-state index contributed by atoms with van der Waals surface area (Å²) in [6.07, 6.45) is 1.59. The summed E-state index contributed by atoms with van der Waals surface area (Å²) in [5.74, 6) is 1.34. The second-order valence-electron chi connectivity index (χ2n) is 7.57. The number of benzene rings is 3. The highest BCUT2D eigenvalue weighted by atomic mass is 35.5. The predicted molar refractivity (Wildman–Crippen MR) is 141 cm³/mol. The first-order valence-corrected chi connectivity index (χ1v) is 12.4. The molecule has 9 heteroatoms. The number of ether oxygens (including phenoxy) is 1. The van der Waals surface area contributed by atoms with Crippen LogP contribution in [0.2, 0.25) is 5.02 Å². The summed E-state index contributed by atoms with van der Waals surface area (Å²) < 4.78 is 7.36. The van der Waals surface area contributed by atoms with Gasteiger partial charge < -0.3 is 4.74 Å². The molecule has 35 heavy (non-hydrogen) atoms. The van der Waals surface area contributed by atoms with Gasteiger partial charge in [0.1, 0.15) is 5.75 Å². The fourth-order valence-corrected chi connectivity index (χ4v) is 4.10. The third-order valence-electron chi connectivity index (χ3n) is 4.95. The van der Waals surface area contributed by atoms with Crippen molar-refractivity contribution in [2.45, 2.75) is 19.0 Å². The van der Waals surface area contributed by atoms with Gasteiger partial charge in [0.25, 0.3) is 5.91 Å². The molecule has 0 radical (unpaired) electrons. The first-order valence-electron chi connectivity index (χ1n) is 11.0. The Hall–Kier alpha value is -3.62. The van der Waals surface area contributed by atoms with Crippen LogP contribution in [-0.4, -0.2) is 39.2 Å². The molecular weight excluding hydrogens is 482 g/mol. The number of rotatable bonds is 9. The van der Waals surface area contributed by atoms with Gasteiger partial charge in [-0.25, -0.2) is 5.43 Å². The molecule has 4 aromatic rings. The Morgan fingerprint density at radius 3 is 2.46 bits per heavy atom. The van der Waals surface area contributed by atoms with Gasteiger partial charge in [-0.2, -0.15) is 5.10 Å². The van der Waals surface area contributed by atoms with E-state index in [1.807, 2.05) is 91.2 Å². The number of hydrogen-bond acceptors (Lipinski definition) is 6. The fourth-order valence-electron chi connectivity index (χ4n) is 3.23. The molecule has 0 atom stereocenters.